The molecular formula is C17H21N3O2. The van der Waals surface area contributed by atoms with E-state index in [1.807, 2.05) is 48.5 Å². The van der Waals surface area contributed by atoms with Gasteiger partial charge in [0.25, 0.3) is 0 Å². The van der Waals surface area contributed by atoms with Gasteiger partial charge in [-0.1, -0.05) is 12.1 Å². The number of hydrogen-bond acceptors (Lipinski definition) is 3. The lowest BCUT2D eigenvalue weighted by Gasteiger charge is -2.07. The number of benzene rings is 2. The van der Waals surface area contributed by atoms with Crippen LogP contribution < -0.4 is 20.5 Å². The Morgan fingerprint density at radius 2 is 1.77 bits per heavy atom. The Morgan fingerprint density at radius 1 is 1.05 bits per heavy atom. The fourth-order valence-corrected chi connectivity index (χ4v) is 2.00. The predicted octanol–water partition coefficient (Wildman–Crippen LogP) is 2.67. The fourth-order valence-electron chi connectivity index (χ4n) is 2.00. The number of nitrogens with zero attached hydrogens (tertiary/aromatic N) is 1. The Morgan fingerprint density at radius 3 is 2.45 bits per heavy atom. The van der Waals surface area contributed by atoms with Gasteiger partial charge in [-0.05, 0) is 48.4 Å². The highest BCUT2D eigenvalue weighted by molar-refractivity contribution is 5.92. The zero-order chi connectivity index (χ0) is 15.8. The van der Waals surface area contributed by atoms with Crippen LogP contribution in [0.2, 0.25) is 0 Å². The molecule has 0 amide bonds. The van der Waals surface area contributed by atoms with Crippen LogP contribution >= 0.6 is 0 Å². The summed E-state index contributed by atoms with van der Waals surface area (Å²) < 4.78 is 10.3. The molecule has 0 heterocycles. The van der Waals surface area contributed by atoms with E-state index in [0.717, 1.165) is 23.6 Å². The Balaban J connectivity index is 1.86. The Hall–Kier alpha value is -2.69. The molecule has 0 aliphatic heterocycles. The van der Waals surface area contributed by atoms with Crippen LogP contribution in [0.25, 0.3) is 0 Å². The largest absolute Gasteiger partial charge is 0.497 e. The van der Waals surface area contributed by atoms with Crippen molar-refractivity contribution in [1.29, 1.82) is 0 Å². The van der Waals surface area contributed by atoms with Crippen molar-refractivity contribution in [2.24, 2.45) is 10.7 Å². The summed E-state index contributed by atoms with van der Waals surface area (Å²) in [4.78, 5) is 4.32. The average molecular weight is 299 g/mol. The quantitative estimate of drug-likeness (QED) is 0.635. The van der Waals surface area contributed by atoms with Crippen LogP contribution in [-0.4, -0.2) is 26.7 Å². The molecule has 2 aromatic rings. The molecule has 5 heteroatoms. The number of nitrogens with two attached hydrogens (primary N) is 1. The second-order valence-corrected chi connectivity index (χ2v) is 4.72. The van der Waals surface area contributed by atoms with Gasteiger partial charge in [0.2, 0.25) is 0 Å². The Labute approximate surface area is 130 Å². The van der Waals surface area contributed by atoms with E-state index in [0.29, 0.717) is 12.5 Å². The van der Waals surface area contributed by atoms with E-state index in [-0.39, 0.29) is 0 Å². The van der Waals surface area contributed by atoms with Gasteiger partial charge in [0, 0.05) is 12.2 Å². The lowest BCUT2D eigenvalue weighted by molar-refractivity contribution is 0.414. The van der Waals surface area contributed by atoms with E-state index < -0.39 is 0 Å². The van der Waals surface area contributed by atoms with Crippen LogP contribution in [0, 0.1) is 0 Å². The third kappa shape index (κ3) is 4.70. The van der Waals surface area contributed by atoms with Gasteiger partial charge in [-0.15, -0.1) is 0 Å². The number of ether oxygens (including phenoxy) is 2. The highest BCUT2D eigenvalue weighted by Gasteiger charge is 1.98. The number of rotatable bonds is 6. The highest BCUT2D eigenvalue weighted by atomic mass is 16.5. The van der Waals surface area contributed by atoms with Crippen molar-refractivity contribution >= 4 is 11.6 Å². The molecule has 0 saturated carbocycles. The van der Waals surface area contributed by atoms with Crippen LogP contribution in [0.15, 0.2) is 53.5 Å². The summed E-state index contributed by atoms with van der Waals surface area (Å²) in [6.07, 6.45) is 0.808. The average Bonchev–Trinajstić information content (AvgIpc) is 2.56. The lowest BCUT2D eigenvalue weighted by Crippen LogP contribution is -2.23. The molecule has 0 bridgehead atoms. The van der Waals surface area contributed by atoms with E-state index >= 15 is 0 Å². The monoisotopic (exact) mass is 299 g/mol. The van der Waals surface area contributed by atoms with Crippen molar-refractivity contribution < 1.29 is 9.47 Å². The Kier molecular flexibility index (Phi) is 5.65. The third-order valence-electron chi connectivity index (χ3n) is 3.18. The van der Waals surface area contributed by atoms with Crippen LogP contribution in [0.3, 0.4) is 0 Å². The number of nitrogens with one attached hydrogen (secondary N) is 1. The molecule has 2 rings (SSSR count). The molecule has 2 aromatic carbocycles. The minimum absolute atomic E-state index is 0.396. The second kappa shape index (κ2) is 7.93. The van der Waals surface area contributed by atoms with Gasteiger partial charge in [0.05, 0.1) is 14.2 Å². The summed E-state index contributed by atoms with van der Waals surface area (Å²) >= 11 is 0. The highest BCUT2D eigenvalue weighted by Crippen LogP contribution is 2.15. The molecule has 0 unspecified atom stereocenters. The van der Waals surface area contributed by atoms with Crippen LogP contribution in [0.1, 0.15) is 5.56 Å². The molecule has 5 nitrogen and oxygen atoms in total. The molecule has 0 aromatic heterocycles. The van der Waals surface area contributed by atoms with Gasteiger partial charge in [0.15, 0.2) is 5.96 Å². The standard InChI is InChI=1S/C17H21N3O2/c1-21-15-8-6-14(7-9-15)20-17(18)19-11-10-13-4-3-5-16(12-13)22-2/h3-9,12H,10-11H2,1-2H3,(H3,18,19,20). The molecule has 3 N–H and O–H groups in total. The van der Waals surface area contributed by atoms with E-state index in [2.05, 4.69) is 10.3 Å². The number of hydrogen-bond donors (Lipinski definition) is 2. The zero-order valence-electron chi connectivity index (χ0n) is 12.9. The van der Waals surface area contributed by atoms with E-state index in [1.165, 1.54) is 5.56 Å². The minimum atomic E-state index is 0.396. The van der Waals surface area contributed by atoms with Gasteiger partial charge in [-0.2, -0.15) is 0 Å². The summed E-state index contributed by atoms with van der Waals surface area (Å²) in [6.45, 7) is 0.613. The maximum atomic E-state index is 5.88. The van der Waals surface area contributed by atoms with Crippen molar-refractivity contribution in [3.63, 3.8) is 0 Å². The first-order chi connectivity index (χ1) is 10.7. The molecule has 0 saturated heterocycles. The first-order valence-electron chi connectivity index (χ1n) is 7.05. The number of anilines is 1. The number of aliphatic imine (C=N–C) groups is 1. The van der Waals surface area contributed by atoms with Crippen LogP contribution in [-0.2, 0) is 6.42 Å². The normalized spacial score (nSPS) is 11.1. The SMILES string of the molecule is COc1ccc(NC(N)=NCCc2cccc(OC)c2)cc1. The predicted molar refractivity (Wildman–Crippen MR) is 89.8 cm³/mol. The molecule has 116 valence electrons. The van der Waals surface area contributed by atoms with Gasteiger partial charge in [0.1, 0.15) is 11.5 Å². The molecule has 0 atom stereocenters. The first kappa shape index (κ1) is 15.7. The molecular weight excluding hydrogens is 278 g/mol. The molecule has 22 heavy (non-hydrogen) atoms. The summed E-state index contributed by atoms with van der Waals surface area (Å²) in [5.74, 6) is 2.05. The van der Waals surface area contributed by atoms with Crippen molar-refractivity contribution in [3.05, 3.63) is 54.1 Å². The minimum Gasteiger partial charge on any atom is -0.497 e. The van der Waals surface area contributed by atoms with Crippen LogP contribution in [0.5, 0.6) is 11.5 Å². The van der Waals surface area contributed by atoms with Gasteiger partial charge in [-0.3, -0.25) is 4.99 Å². The summed E-state index contributed by atoms with van der Waals surface area (Å²) in [5, 5.41) is 3.05. The molecule has 0 spiro atoms. The summed E-state index contributed by atoms with van der Waals surface area (Å²) in [5.41, 5.74) is 7.92. The first-order valence-corrected chi connectivity index (χ1v) is 7.05. The van der Waals surface area contributed by atoms with E-state index in [1.54, 1.807) is 14.2 Å². The van der Waals surface area contributed by atoms with Gasteiger partial charge >= 0.3 is 0 Å². The maximum absolute atomic E-state index is 5.88. The lowest BCUT2D eigenvalue weighted by atomic mass is 10.1. The van der Waals surface area contributed by atoms with Gasteiger partial charge in [-0.25, -0.2) is 0 Å². The number of guanidine groups is 1. The summed E-state index contributed by atoms with van der Waals surface area (Å²) in [7, 11) is 3.30. The molecule has 0 aliphatic carbocycles. The molecule has 0 aliphatic rings. The van der Waals surface area contributed by atoms with E-state index in [4.69, 9.17) is 15.2 Å². The second-order valence-electron chi connectivity index (χ2n) is 4.72. The Bertz CT molecular complexity index is 624. The maximum Gasteiger partial charge on any atom is 0.193 e. The van der Waals surface area contributed by atoms with E-state index in [9.17, 15) is 0 Å². The van der Waals surface area contributed by atoms with Gasteiger partial charge < -0.3 is 20.5 Å². The van der Waals surface area contributed by atoms with Crippen LogP contribution in [0.4, 0.5) is 5.69 Å². The molecule has 0 fully saturated rings. The fraction of sp³-hybridized carbons (Fsp3) is 0.235. The number of methoxy groups -OCH3 is 2. The molecule has 0 radical (unpaired) electrons. The summed E-state index contributed by atoms with van der Waals surface area (Å²) in [6, 6.07) is 15.5. The van der Waals surface area contributed by atoms with Crippen molar-refractivity contribution in [2.45, 2.75) is 6.42 Å². The van der Waals surface area contributed by atoms with Crippen molar-refractivity contribution in [2.75, 3.05) is 26.1 Å². The van der Waals surface area contributed by atoms with Crippen molar-refractivity contribution in [1.82, 2.24) is 0 Å². The smallest absolute Gasteiger partial charge is 0.193 e. The van der Waals surface area contributed by atoms with Crippen molar-refractivity contribution in [3.8, 4) is 11.5 Å². The zero-order valence-corrected chi connectivity index (χ0v) is 12.9. The topological polar surface area (TPSA) is 68.9 Å². The third-order valence-corrected chi connectivity index (χ3v) is 3.18.